The minimum atomic E-state index is -0.367. The molecular formula is C24H32N8OS2. The van der Waals surface area contributed by atoms with Crippen LogP contribution < -0.4 is 4.72 Å². The molecule has 0 radical (unpaired) electrons. The number of likely N-dealkylation sites (N-methyl/N-ethyl adjacent to an activating group) is 1. The molecule has 0 spiro atoms. The van der Waals surface area contributed by atoms with Gasteiger partial charge in [0.1, 0.15) is 21.8 Å². The molecule has 9 nitrogen and oxygen atoms in total. The molecule has 5 rings (SSSR count). The Hall–Kier alpha value is -2.52. The highest BCUT2D eigenvalue weighted by Crippen LogP contribution is 2.49. The van der Waals surface area contributed by atoms with E-state index in [0.717, 1.165) is 85.2 Å². The number of carbonyl (C=O) groups excluding carboxylic acids is 1. The van der Waals surface area contributed by atoms with E-state index in [1.54, 1.807) is 11.3 Å². The molecule has 0 amide bonds. The van der Waals surface area contributed by atoms with Gasteiger partial charge in [0.05, 0.1) is 28.5 Å². The zero-order valence-corrected chi connectivity index (χ0v) is 22.1. The maximum atomic E-state index is 9.46. The molecule has 3 fully saturated rings. The van der Waals surface area contributed by atoms with E-state index < -0.39 is 0 Å². The van der Waals surface area contributed by atoms with Gasteiger partial charge in [-0.1, -0.05) is 0 Å². The number of hydrogen-bond acceptors (Lipinski definition) is 10. The van der Waals surface area contributed by atoms with Crippen LogP contribution in [0.3, 0.4) is 0 Å². The van der Waals surface area contributed by atoms with Gasteiger partial charge in [-0.2, -0.15) is 5.26 Å². The molecule has 186 valence electrons. The van der Waals surface area contributed by atoms with Crippen molar-refractivity contribution in [2.24, 2.45) is 0 Å². The molecule has 0 aromatic carbocycles. The van der Waals surface area contributed by atoms with Gasteiger partial charge in [-0.3, -0.25) is 10.1 Å². The van der Waals surface area contributed by atoms with Crippen LogP contribution in [-0.4, -0.2) is 74.8 Å². The number of hydrogen-bond donors (Lipinski definition) is 3. The molecule has 3 heterocycles. The number of imidazole rings is 1. The monoisotopic (exact) mass is 512 g/mol. The number of thiazole rings is 1. The number of piperazine rings is 1. The third-order valence-electron chi connectivity index (χ3n) is 6.48. The SMILES string of the molecule is CC=O.CN1CCN(/C(=C/C(=N)SNC2(C)CC2)c2ncc(-c3cnc(C4(C#N)CC4)s3)[nH]2)CC1. The topological polar surface area (TPSA) is 125 Å². The van der Waals surface area contributed by atoms with Crippen molar-refractivity contribution in [3.63, 3.8) is 0 Å². The van der Waals surface area contributed by atoms with Crippen LogP contribution in [0.4, 0.5) is 0 Å². The van der Waals surface area contributed by atoms with E-state index >= 15 is 0 Å². The van der Waals surface area contributed by atoms with E-state index in [9.17, 15) is 5.26 Å². The van der Waals surface area contributed by atoms with Crippen LogP contribution in [-0.2, 0) is 10.2 Å². The number of aromatic nitrogens is 3. The predicted molar refractivity (Wildman–Crippen MR) is 141 cm³/mol. The Morgan fingerprint density at radius 1 is 1.26 bits per heavy atom. The fourth-order valence-corrected chi connectivity index (χ4v) is 5.48. The fraction of sp³-hybridized carbons (Fsp3) is 0.542. The van der Waals surface area contributed by atoms with Crippen molar-refractivity contribution in [3.8, 4) is 16.6 Å². The van der Waals surface area contributed by atoms with Crippen molar-refractivity contribution in [2.75, 3.05) is 33.2 Å². The van der Waals surface area contributed by atoms with E-state index in [0.29, 0.717) is 5.04 Å². The quantitative estimate of drug-likeness (QED) is 0.222. The zero-order valence-electron chi connectivity index (χ0n) is 20.4. The summed E-state index contributed by atoms with van der Waals surface area (Å²) in [5, 5.41) is 19.4. The smallest absolute Gasteiger partial charge is 0.154 e. The standard InChI is InChI=1S/C22H28N8S2.C2H4O/c1-21(3-4-21)28-32-18(24)11-16(30-9-7-29(2)8-10-30)19-25-12-15(27-19)17-13-26-20(31-17)22(14-23)5-6-22;1-2-3/h11-13,24,28H,3-10H2,1-2H3,(H,25,27);2H,1H3/b16-11+,24-18?;. The van der Waals surface area contributed by atoms with Crippen LogP contribution in [0.15, 0.2) is 18.5 Å². The third-order valence-corrected chi connectivity index (χ3v) is 8.65. The summed E-state index contributed by atoms with van der Waals surface area (Å²) in [4.78, 5) is 27.1. The molecule has 2 aromatic rings. The molecule has 2 aromatic heterocycles. The van der Waals surface area contributed by atoms with Crippen molar-refractivity contribution in [1.29, 1.82) is 10.7 Å². The fourth-order valence-electron chi connectivity index (χ4n) is 3.67. The first kappa shape index (κ1) is 25.6. The maximum Gasteiger partial charge on any atom is 0.154 e. The van der Waals surface area contributed by atoms with E-state index in [-0.39, 0.29) is 11.0 Å². The van der Waals surface area contributed by atoms with Crippen LogP contribution in [0.2, 0.25) is 0 Å². The second-order valence-corrected chi connectivity index (χ2v) is 11.4. The van der Waals surface area contributed by atoms with E-state index in [1.165, 1.54) is 18.9 Å². The first-order chi connectivity index (χ1) is 16.8. The first-order valence-corrected chi connectivity index (χ1v) is 13.5. The Morgan fingerprint density at radius 3 is 2.54 bits per heavy atom. The van der Waals surface area contributed by atoms with Gasteiger partial charge in [-0.25, -0.2) is 9.97 Å². The molecule has 0 unspecified atom stereocenters. The molecular weight excluding hydrogens is 480 g/mol. The molecule has 0 bridgehead atoms. The number of H-pyrrole nitrogens is 1. The average Bonchev–Trinajstić information content (AvgIpc) is 3.67. The van der Waals surface area contributed by atoms with Crippen LogP contribution >= 0.6 is 23.3 Å². The number of rotatable bonds is 7. The lowest BCUT2D eigenvalue weighted by molar-refractivity contribution is -0.106. The number of nitriles is 1. The number of aldehydes is 1. The Labute approximate surface area is 214 Å². The highest BCUT2D eigenvalue weighted by molar-refractivity contribution is 8.12. The van der Waals surface area contributed by atoms with Crippen LogP contribution in [0.5, 0.6) is 0 Å². The molecule has 3 N–H and O–H groups in total. The number of nitrogens with one attached hydrogen (secondary N) is 3. The highest BCUT2D eigenvalue weighted by Gasteiger charge is 2.47. The van der Waals surface area contributed by atoms with E-state index in [4.69, 9.17) is 10.2 Å². The zero-order chi connectivity index (χ0) is 25.1. The van der Waals surface area contributed by atoms with E-state index in [1.807, 2.05) is 18.5 Å². The minimum absolute atomic E-state index is 0.170. The Kier molecular flexibility index (Phi) is 7.76. The van der Waals surface area contributed by atoms with Gasteiger partial charge in [0.25, 0.3) is 0 Å². The lowest BCUT2D eigenvalue weighted by Gasteiger charge is -2.35. The summed E-state index contributed by atoms with van der Waals surface area (Å²) in [7, 11) is 2.14. The Balaban J connectivity index is 0.000000917. The summed E-state index contributed by atoms with van der Waals surface area (Å²) in [5.41, 5.74) is 1.65. The molecule has 35 heavy (non-hydrogen) atoms. The largest absolute Gasteiger partial charge is 0.366 e. The lowest BCUT2D eigenvalue weighted by Crippen LogP contribution is -2.43. The van der Waals surface area contributed by atoms with Gasteiger partial charge in [-0.05, 0) is 64.6 Å². The van der Waals surface area contributed by atoms with Crippen LogP contribution in [0, 0.1) is 16.7 Å². The second-order valence-electron chi connectivity index (χ2n) is 9.55. The molecule has 2 aliphatic carbocycles. The molecule has 11 heteroatoms. The van der Waals surface area contributed by atoms with Crippen molar-refractivity contribution in [1.82, 2.24) is 29.5 Å². The lowest BCUT2D eigenvalue weighted by atomic mass is 10.1. The van der Waals surface area contributed by atoms with Gasteiger partial charge in [-0.15, -0.1) is 11.3 Å². The van der Waals surface area contributed by atoms with Crippen molar-refractivity contribution in [2.45, 2.75) is 50.5 Å². The second kappa shape index (κ2) is 10.6. The molecule has 3 aliphatic rings. The van der Waals surface area contributed by atoms with Gasteiger partial charge < -0.3 is 19.6 Å². The van der Waals surface area contributed by atoms with Crippen LogP contribution in [0.1, 0.15) is 50.4 Å². The maximum absolute atomic E-state index is 9.46. The summed E-state index contributed by atoms with van der Waals surface area (Å²) in [6, 6.07) is 2.42. The summed E-state index contributed by atoms with van der Waals surface area (Å²) in [6.45, 7) is 7.40. The molecule has 1 saturated heterocycles. The normalized spacial score (nSPS) is 20.4. The third kappa shape index (κ3) is 6.19. The number of aromatic amines is 1. The van der Waals surface area contributed by atoms with Crippen molar-refractivity contribution in [3.05, 3.63) is 29.3 Å². The minimum Gasteiger partial charge on any atom is -0.366 e. The average molecular weight is 513 g/mol. The summed E-state index contributed by atoms with van der Waals surface area (Å²) >= 11 is 2.96. The van der Waals surface area contributed by atoms with Crippen LogP contribution in [0.25, 0.3) is 16.3 Å². The molecule has 0 atom stereocenters. The number of carbonyl (C=O) groups is 1. The Bertz CT molecular complexity index is 1130. The predicted octanol–water partition coefficient (Wildman–Crippen LogP) is 3.65. The van der Waals surface area contributed by atoms with Gasteiger partial charge in [0, 0.05) is 37.9 Å². The van der Waals surface area contributed by atoms with Crippen molar-refractivity contribution >= 4 is 40.3 Å². The van der Waals surface area contributed by atoms with Gasteiger partial charge in [0.15, 0.2) is 5.82 Å². The Morgan fingerprint density at radius 2 is 1.94 bits per heavy atom. The summed E-state index contributed by atoms with van der Waals surface area (Å²) < 4.78 is 3.42. The van der Waals surface area contributed by atoms with Gasteiger partial charge in [0.2, 0.25) is 0 Å². The highest BCUT2D eigenvalue weighted by atomic mass is 32.2. The summed E-state index contributed by atoms with van der Waals surface area (Å²) in [5.74, 6) is 0.768. The molecule has 2 saturated carbocycles. The van der Waals surface area contributed by atoms with Gasteiger partial charge >= 0.3 is 0 Å². The number of nitrogens with zero attached hydrogens (tertiary/aromatic N) is 5. The van der Waals surface area contributed by atoms with E-state index in [2.05, 4.69) is 49.5 Å². The summed E-state index contributed by atoms with van der Waals surface area (Å²) in [6.07, 6.45) is 10.5. The first-order valence-electron chi connectivity index (χ1n) is 11.8. The van der Waals surface area contributed by atoms with Crippen molar-refractivity contribution < 1.29 is 4.79 Å². The molecule has 1 aliphatic heterocycles.